The van der Waals surface area contributed by atoms with Crippen molar-refractivity contribution in [2.45, 2.75) is 70.8 Å². The Balaban J connectivity index is 2.12. The van der Waals surface area contributed by atoms with E-state index in [0.717, 1.165) is 38.5 Å². The summed E-state index contributed by atoms with van der Waals surface area (Å²) in [6, 6.07) is 0. The maximum Gasteiger partial charge on any atom is 0.306 e. The third-order valence-electron chi connectivity index (χ3n) is 4.56. The molecule has 0 saturated heterocycles. The number of esters is 1. The third-order valence-corrected chi connectivity index (χ3v) is 4.56. The van der Waals surface area contributed by atoms with Crippen LogP contribution in [-0.4, -0.2) is 17.9 Å². The molecule has 1 heterocycles. The normalized spacial score (nSPS) is 29.2. The number of hydrogen-bond donors (Lipinski definition) is 0. The number of hydrogen-bond acceptors (Lipinski definition) is 3. The monoisotopic (exact) mass is 334 g/mol. The van der Waals surface area contributed by atoms with Crippen LogP contribution < -0.4 is 0 Å². The minimum Gasteiger partial charge on any atom is -0.462 e. The zero-order valence-electron chi connectivity index (χ0n) is 14.4. The van der Waals surface area contributed by atoms with E-state index in [1.807, 2.05) is 12.2 Å². The summed E-state index contributed by atoms with van der Waals surface area (Å²) in [6.07, 6.45) is 14.0. The molecule has 2 aliphatic rings. The molecule has 0 fully saturated rings. The SMILES string of the molecule is CCCCC[C@H]1C/C=C2/C(=O)C(F)=C[C@@H]2C/C=C\CCCC(=O)O1. The molecule has 0 N–H and O–H groups in total. The largest absolute Gasteiger partial charge is 0.462 e. The minimum absolute atomic E-state index is 0.179. The summed E-state index contributed by atoms with van der Waals surface area (Å²) in [4.78, 5) is 24.0. The standard InChI is InChI=1S/C20H27FO3/c1-2-3-6-10-16-12-13-17-15(14-18(21)20(17)23)9-7-4-5-8-11-19(22)24-16/h4,7,13-16H,2-3,5-6,8-12H2,1H3/b7-4-,17-13+/t15-,16-/m0/s1. The fraction of sp³-hybridized carbons (Fsp3) is 0.600. The summed E-state index contributed by atoms with van der Waals surface area (Å²) in [5.74, 6) is -1.55. The van der Waals surface area contributed by atoms with Crippen molar-refractivity contribution in [2.24, 2.45) is 5.92 Å². The lowest BCUT2D eigenvalue weighted by atomic mass is 9.95. The smallest absolute Gasteiger partial charge is 0.306 e. The van der Waals surface area contributed by atoms with E-state index in [1.54, 1.807) is 6.08 Å². The van der Waals surface area contributed by atoms with Crippen molar-refractivity contribution >= 4 is 11.8 Å². The number of fused-ring (bicyclic) bond motifs is 1. The molecule has 0 radical (unpaired) electrons. The van der Waals surface area contributed by atoms with E-state index in [2.05, 4.69) is 6.92 Å². The van der Waals surface area contributed by atoms with Gasteiger partial charge in [-0.2, -0.15) is 0 Å². The lowest BCUT2D eigenvalue weighted by Crippen LogP contribution is -2.18. The zero-order valence-corrected chi connectivity index (χ0v) is 14.4. The van der Waals surface area contributed by atoms with Crippen molar-refractivity contribution in [2.75, 3.05) is 0 Å². The second-order valence-electron chi connectivity index (χ2n) is 6.55. The van der Waals surface area contributed by atoms with Gasteiger partial charge in [0, 0.05) is 24.3 Å². The van der Waals surface area contributed by atoms with Crippen molar-refractivity contribution in [3.8, 4) is 0 Å². The van der Waals surface area contributed by atoms with Gasteiger partial charge in [-0.3, -0.25) is 9.59 Å². The van der Waals surface area contributed by atoms with E-state index in [-0.39, 0.29) is 18.0 Å². The summed E-state index contributed by atoms with van der Waals surface area (Å²) in [6.45, 7) is 2.13. The quantitative estimate of drug-likeness (QED) is 0.414. The molecule has 2 rings (SSSR count). The average Bonchev–Trinajstić information content (AvgIpc) is 2.82. The van der Waals surface area contributed by atoms with Crippen LogP contribution >= 0.6 is 0 Å². The van der Waals surface area contributed by atoms with Crippen LogP contribution in [0.15, 0.2) is 35.7 Å². The molecule has 0 spiro atoms. The Kier molecular flexibility index (Phi) is 7.41. The molecule has 0 amide bonds. The predicted octanol–water partition coefficient (Wildman–Crippen LogP) is 4.98. The van der Waals surface area contributed by atoms with Crippen LogP contribution in [0.3, 0.4) is 0 Å². The molecular weight excluding hydrogens is 307 g/mol. The maximum absolute atomic E-state index is 13.7. The molecule has 0 aromatic carbocycles. The molecule has 132 valence electrons. The number of unbranched alkanes of at least 4 members (excludes halogenated alkanes) is 2. The van der Waals surface area contributed by atoms with Crippen LogP contribution in [-0.2, 0) is 14.3 Å². The maximum atomic E-state index is 13.7. The van der Waals surface area contributed by atoms with Gasteiger partial charge >= 0.3 is 5.97 Å². The number of rotatable bonds is 4. The highest BCUT2D eigenvalue weighted by Gasteiger charge is 2.29. The molecule has 1 aliphatic heterocycles. The Morgan fingerprint density at radius 1 is 1.21 bits per heavy atom. The van der Waals surface area contributed by atoms with Crippen LogP contribution in [0.4, 0.5) is 4.39 Å². The van der Waals surface area contributed by atoms with Gasteiger partial charge in [0.2, 0.25) is 5.78 Å². The van der Waals surface area contributed by atoms with Gasteiger partial charge in [0.15, 0.2) is 5.83 Å². The second-order valence-corrected chi connectivity index (χ2v) is 6.55. The number of halogens is 1. The van der Waals surface area contributed by atoms with Crippen LogP contribution in [0.2, 0.25) is 0 Å². The molecule has 0 aromatic rings. The van der Waals surface area contributed by atoms with Crippen molar-refractivity contribution < 1.29 is 18.7 Å². The van der Waals surface area contributed by atoms with E-state index < -0.39 is 11.6 Å². The first-order valence-corrected chi connectivity index (χ1v) is 9.08. The van der Waals surface area contributed by atoms with Crippen molar-refractivity contribution in [3.05, 3.63) is 35.7 Å². The zero-order chi connectivity index (χ0) is 17.4. The van der Waals surface area contributed by atoms with Gasteiger partial charge in [-0.25, -0.2) is 4.39 Å². The lowest BCUT2D eigenvalue weighted by Gasteiger charge is -2.17. The molecular formula is C20H27FO3. The average molecular weight is 334 g/mol. The number of allylic oxidation sites excluding steroid dienone is 5. The summed E-state index contributed by atoms with van der Waals surface area (Å²) < 4.78 is 19.3. The van der Waals surface area contributed by atoms with E-state index in [9.17, 15) is 14.0 Å². The second kappa shape index (κ2) is 9.55. The topological polar surface area (TPSA) is 43.4 Å². The molecule has 3 nitrogen and oxygen atoms in total. The van der Waals surface area contributed by atoms with Crippen LogP contribution in [0, 0.1) is 5.92 Å². The highest BCUT2D eigenvalue weighted by molar-refractivity contribution is 6.09. The summed E-state index contributed by atoms with van der Waals surface area (Å²) in [7, 11) is 0. The Labute approximate surface area is 143 Å². The van der Waals surface area contributed by atoms with E-state index >= 15 is 0 Å². The first-order chi connectivity index (χ1) is 11.6. The van der Waals surface area contributed by atoms with E-state index in [1.165, 1.54) is 6.08 Å². The molecule has 0 saturated carbocycles. The third kappa shape index (κ3) is 5.43. The summed E-state index contributed by atoms with van der Waals surface area (Å²) >= 11 is 0. The molecule has 24 heavy (non-hydrogen) atoms. The first kappa shape index (κ1) is 18.6. The highest BCUT2D eigenvalue weighted by Crippen LogP contribution is 2.31. The molecule has 0 aromatic heterocycles. The van der Waals surface area contributed by atoms with Gasteiger partial charge in [0.1, 0.15) is 6.10 Å². The van der Waals surface area contributed by atoms with Gasteiger partial charge in [-0.15, -0.1) is 0 Å². The number of carbonyl (C=O) groups is 2. The van der Waals surface area contributed by atoms with E-state index in [4.69, 9.17) is 4.74 Å². The summed E-state index contributed by atoms with van der Waals surface area (Å²) in [5.41, 5.74) is 0.507. The Hall–Kier alpha value is -1.71. The fourth-order valence-electron chi connectivity index (χ4n) is 3.16. The number of cyclic esters (lactones) is 1. The van der Waals surface area contributed by atoms with Gasteiger partial charge in [0.25, 0.3) is 0 Å². The molecule has 2 atom stereocenters. The molecule has 4 heteroatoms. The number of ether oxygens (including phenoxy) is 1. The predicted molar refractivity (Wildman–Crippen MR) is 92.0 cm³/mol. The van der Waals surface area contributed by atoms with Gasteiger partial charge in [0.05, 0.1) is 0 Å². The van der Waals surface area contributed by atoms with Gasteiger partial charge < -0.3 is 4.74 Å². The summed E-state index contributed by atoms with van der Waals surface area (Å²) in [5, 5.41) is 0. The van der Waals surface area contributed by atoms with Crippen molar-refractivity contribution in [1.29, 1.82) is 0 Å². The minimum atomic E-state index is -0.661. The fourth-order valence-corrected chi connectivity index (χ4v) is 3.16. The van der Waals surface area contributed by atoms with Gasteiger partial charge in [-0.1, -0.05) is 38.0 Å². The first-order valence-electron chi connectivity index (χ1n) is 9.08. The lowest BCUT2D eigenvalue weighted by molar-refractivity contribution is -0.149. The Bertz CT molecular complexity index is 545. The van der Waals surface area contributed by atoms with Crippen LogP contribution in [0.5, 0.6) is 0 Å². The Morgan fingerprint density at radius 3 is 2.83 bits per heavy atom. The van der Waals surface area contributed by atoms with Crippen molar-refractivity contribution in [1.82, 2.24) is 0 Å². The molecule has 0 unspecified atom stereocenters. The van der Waals surface area contributed by atoms with E-state index in [0.29, 0.717) is 24.8 Å². The number of carbonyl (C=O) groups excluding carboxylic acids is 2. The Morgan fingerprint density at radius 2 is 2.04 bits per heavy atom. The van der Waals surface area contributed by atoms with Crippen LogP contribution in [0.1, 0.15) is 64.7 Å². The number of Topliss-reactive ketones (excluding diaryl/α,β-unsaturated/α-hetero) is 1. The van der Waals surface area contributed by atoms with Crippen molar-refractivity contribution in [3.63, 3.8) is 0 Å². The molecule has 1 aliphatic carbocycles. The van der Waals surface area contributed by atoms with Crippen LogP contribution in [0.25, 0.3) is 0 Å². The molecule has 0 bridgehead atoms. The number of ketones is 1. The van der Waals surface area contributed by atoms with Gasteiger partial charge in [-0.05, 0) is 38.2 Å². The highest BCUT2D eigenvalue weighted by atomic mass is 19.1.